The first-order valence-corrected chi connectivity index (χ1v) is 8.05. The SMILES string of the molecule is Nc1nc(NCCc2ccccc2)nc(Nc2ccccc2)c1[N+](=O)[O-]. The third-order valence-electron chi connectivity index (χ3n) is 3.67. The lowest BCUT2D eigenvalue weighted by molar-refractivity contribution is -0.383. The van der Waals surface area contributed by atoms with Gasteiger partial charge in [-0.15, -0.1) is 0 Å². The molecule has 4 N–H and O–H groups in total. The van der Waals surface area contributed by atoms with Gasteiger partial charge in [0.05, 0.1) is 4.92 Å². The number of nitrogens with two attached hydrogens (primary N) is 1. The molecule has 0 radical (unpaired) electrons. The Labute approximate surface area is 150 Å². The topological polar surface area (TPSA) is 119 Å². The summed E-state index contributed by atoms with van der Waals surface area (Å²) in [5, 5.41) is 17.3. The van der Waals surface area contributed by atoms with E-state index in [1.165, 1.54) is 0 Å². The summed E-state index contributed by atoms with van der Waals surface area (Å²) >= 11 is 0. The Hall–Kier alpha value is -3.68. The minimum atomic E-state index is -0.589. The van der Waals surface area contributed by atoms with Crippen molar-refractivity contribution in [2.75, 3.05) is 22.9 Å². The largest absolute Gasteiger partial charge is 0.378 e. The van der Waals surface area contributed by atoms with Crippen LogP contribution in [0, 0.1) is 10.1 Å². The van der Waals surface area contributed by atoms with Gasteiger partial charge in [-0.1, -0.05) is 48.5 Å². The average Bonchev–Trinajstić information content (AvgIpc) is 2.63. The van der Waals surface area contributed by atoms with E-state index in [-0.39, 0.29) is 23.3 Å². The van der Waals surface area contributed by atoms with Crippen molar-refractivity contribution in [1.29, 1.82) is 0 Å². The second kappa shape index (κ2) is 7.93. The number of para-hydroxylation sites is 1. The predicted molar refractivity (Wildman–Crippen MR) is 101 cm³/mol. The van der Waals surface area contributed by atoms with E-state index in [9.17, 15) is 10.1 Å². The molecule has 0 fully saturated rings. The lowest BCUT2D eigenvalue weighted by atomic mass is 10.1. The molecule has 0 saturated carbocycles. The zero-order valence-corrected chi connectivity index (χ0v) is 13.9. The lowest BCUT2D eigenvalue weighted by Gasteiger charge is -2.10. The summed E-state index contributed by atoms with van der Waals surface area (Å²) in [6.07, 6.45) is 0.766. The summed E-state index contributed by atoms with van der Waals surface area (Å²) in [6.45, 7) is 0.575. The van der Waals surface area contributed by atoms with E-state index in [1.54, 1.807) is 12.1 Å². The summed E-state index contributed by atoms with van der Waals surface area (Å²) in [5.41, 5.74) is 7.28. The van der Waals surface area contributed by atoms with Crippen LogP contribution in [-0.4, -0.2) is 21.4 Å². The van der Waals surface area contributed by atoms with Crippen molar-refractivity contribution in [2.45, 2.75) is 6.42 Å². The third kappa shape index (κ3) is 4.23. The summed E-state index contributed by atoms with van der Waals surface area (Å²) in [6, 6.07) is 19.0. The Balaban J connectivity index is 1.79. The summed E-state index contributed by atoms with van der Waals surface area (Å²) in [7, 11) is 0. The zero-order valence-electron chi connectivity index (χ0n) is 13.9. The molecule has 0 bridgehead atoms. The molecule has 0 aliphatic heterocycles. The molecular formula is C18H18N6O2. The third-order valence-corrected chi connectivity index (χ3v) is 3.67. The highest BCUT2D eigenvalue weighted by atomic mass is 16.6. The van der Waals surface area contributed by atoms with Crippen LogP contribution in [0.5, 0.6) is 0 Å². The fourth-order valence-corrected chi connectivity index (χ4v) is 2.44. The molecule has 132 valence electrons. The molecule has 0 unspecified atom stereocenters. The highest BCUT2D eigenvalue weighted by molar-refractivity contribution is 5.74. The number of nitrogen functional groups attached to an aromatic ring is 1. The Morgan fingerprint density at radius 3 is 2.31 bits per heavy atom. The number of nitro groups is 1. The molecule has 2 aromatic carbocycles. The van der Waals surface area contributed by atoms with Gasteiger partial charge in [0.15, 0.2) is 0 Å². The van der Waals surface area contributed by atoms with Crippen molar-refractivity contribution in [3.63, 3.8) is 0 Å². The van der Waals surface area contributed by atoms with E-state index < -0.39 is 4.92 Å². The molecule has 26 heavy (non-hydrogen) atoms. The highest BCUT2D eigenvalue weighted by Gasteiger charge is 2.23. The molecule has 1 aromatic heterocycles. The van der Waals surface area contributed by atoms with Crippen LogP contribution in [0.4, 0.5) is 29.0 Å². The Morgan fingerprint density at radius 1 is 1.00 bits per heavy atom. The van der Waals surface area contributed by atoms with Gasteiger partial charge in [0, 0.05) is 12.2 Å². The van der Waals surface area contributed by atoms with E-state index in [1.807, 2.05) is 48.5 Å². The van der Waals surface area contributed by atoms with E-state index in [2.05, 4.69) is 20.6 Å². The number of hydrogen-bond acceptors (Lipinski definition) is 7. The molecule has 0 saturated heterocycles. The van der Waals surface area contributed by atoms with Gasteiger partial charge >= 0.3 is 5.69 Å². The molecule has 0 atom stereocenters. The molecule has 1 heterocycles. The van der Waals surface area contributed by atoms with Crippen LogP contribution >= 0.6 is 0 Å². The van der Waals surface area contributed by atoms with Crippen molar-refractivity contribution in [2.24, 2.45) is 0 Å². The first kappa shape index (κ1) is 17.2. The van der Waals surface area contributed by atoms with Gasteiger partial charge in [0.2, 0.25) is 17.6 Å². The van der Waals surface area contributed by atoms with Crippen molar-refractivity contribution in [1.82, 2.24) is 9.97 Å². The number of hydrogen-bond donors (Lipinski definition) is 3. The second-order valence-corrected chi connectivity index (χ2v) is 5.54. The van der Waals surface area contributed by atoms with Gasteiger partial charge in [-0.05, 0) is 24.1 Å². The maximum atomic E-state index is 11.3. The number of nitrogens with one attached hydrogen (secondary N) is 2. The lowest BCUT2D eigenvalue weighted by Crippen LogP contribution is -2.12. The van der Waals surface area contributed by atoms with Gasteiger partial charge in [-0.25, -0.2) is 0 Å². The van der Waals surface area contributed by atoms with Crippen LogP contribution in [-0.2, 0) is 6.42 Å². The van der Waals surface area contributed by atoms with E-state index in [0.29, 0.717) is 12.2 Å². The van der Waals surface area contributed by atoms with Crippen molar-refractivity contribution < 1.29 is 4.92 Å². The van der Waals surface area contributed by atoms with Crippen molar-refractivity contribution in [3.05, 3.63) is 76.3 Å². The standard InChI is InChI=1S/C18H18N6O2/c19-16-15(24(25)26)17(21-14-9-5-2-6-10-14)23-18(22-16)20-12-11-13-7-3-1-4-8-13/h1-10H,11-12H2,(H4,19,20,21,22,23). The highest BCUT2D eigenvalue weighted by Crippen LogP contribution is 2.31. The minimum absolute atomic E-state index is 0.0518. The maximum Gasteiger partial charge on any atom is 0.353 e. The van der Waals surface area contributed by atoms with Crippen LogP contribution < -0.4 is 16.4 Å². The van der Waals surface area contributed by atoms with Crippen LogP contribution in [0.2, 0.25) is 0 Å². The predicted octanol–water partition coefficient (Wildman–Crippen LogP) is 3.37. The second-order valence-electron chi connectivity index (χ2n) is 5.54. The monoisotopic (exact) mass is 350 g/mol. The number of anilines is 4. The number of rotatable bonds is 7. The molecule has 0 amide bonds. The quantitative estimate of drug-likeness (QED) is 0.441. The zero-order chi connectivity index (χ0) is 18.4. The molecule has 8 heteroatoms. The Morgan fingerprint density at radius 2 is 1.65 bits per heavy atom. The van der Waals surface area contributed by atoms with E-state index >= 15 is 0 Å². The van der Waals surface area contributed by atoms with Crippen LogP contribution in [0.25, 0.3) is 0 Å². The minimum Gasteiger partial charge on any atom is -0.378 e. The molecule has 8 nitrogen and oxygen atoms in total. The summed E-state index contributed by atoms with van der Waals surface area (Å²) in [5.74, 6) is 0.101. The smallest absolute Gasteiger partial charge is 0.353 e. The van der Waals surface area contributed by atoms with Crippen LogP contribution in [0.1, 0.15) is 5.56 Å². The number of nitrogens with zero attached hydrogens (tertiary/aromatic N) is 3. The molecule has 0 spiro atoms. The summed E-state index contributed by atoms with van der Waals surface area (Å²) < 4.78 is 0. The molecule has 3 rings (SSSR count). The van der Waals surface area contributed by atoms with Gasteiger partial charge < -0.3 is 16.4 Å². The molecule has 3 aromatic rings. The van der Waals surface area contributed by atoms with Gasteiger partial charge in [-0.2, -0.15) is 9.97 Å². The maximum absolute atomic E-state index is 11.3. The molecule has 0 aliphatic rings. The number of aromatic nitrogens is 2. The van der Waals surface area contributed by atoms with Gasteiger partial charge in [0.1, 0.15) is 0 Å². The fourth-order valence-electron chi connectivity index (χ4n) is 2.44. The first-order valence-electron chi connectivity index (χ1n) is 8.05. The van der Waals surface area contributed by atoms with E-state index in [4.69, 9.17) is 5.73 Å². The van der Waals surface area contributed by atoms with Gasteiger partial charge in [-0.3, -0.25) is 10.1 Å². The molecular weight excluding hydrogens is 332 g/mol. The molecule has 0 aliphatic carbocycles. The normalized spacial score (nSPS) is 10.3. The van der Waals surface area contributed by atoms with E-state index in [0.717, 1.165) is 12.0 Å². The average molecular weight is 350 g/mol. The Bertz CT molecular complexity index is 887. The first-order chi connectivity index (χ1) is 12.6. The fraction of sp³-hybridized carbons (Fsp3) is 0.111. The number of benzene rings is 2. The van der Waals surface area contributed by atoms with Gasteiger partial charge in [0.25, 0.3) is 0 Å². The van der Waals surface area contributed by atoms with Crippen LogP contribution in [0.3, 0.4) is 0 Å². The van der Waals surface area contributed by atoms with Crippen molar-refractivity contribution in [3.8, 4) is 0 Å². The summed E-state index contributed by atoms with van der Waals surface area (Å²) in [4.78, 5) is 19.0. The van der Waals surface area contributed by atoms with Crippen LogP contribution in [0.15, 0.2) is 60.7 Å². The van der Waals surface area contributed by atoms with Crippen molar-refractivity contribution >= 4 is 29.0 Å². The Kier molecular flexibility index (Phi) is 5.23.